The molecule has 3 nitrogen and oxygen atoms in total. The van der Waals surface area contributed by atoms with Crippen molar-refractivity contribution in [3.05, 3.63) is 15.6 Å². The van der Waals surface area contributed by atoms with E-state index in [1.807, 2.05) is 6.92 Å². The van der Waals surface area contributed by atoms with Crippen molar-refractivity contribution < 1.29 is 4.74 Å². The van der Waals surface area contributed by atoms with Gasteiger partial charge in [0.05, 0.1) is 5.69 Å². The Bertz CT molecular complexity index is 316. The Morgan fingerprint density at radius 3 is 2.44 bits per heavy atom. The van der Waals surface area contributed by atoms with Crippen LogP contribution in [-0.4, -0.2) is 11.6 Å². The fraction of sp³-hybridized carbons (Fsp3) is 0.750. The molecule has 1 heterocycles. The first-order valence-electron chi connectivity index (χ1n) is 5.94. The summed E-state index contributed by atoms with van der Waals surface area (Å²) in [6, 6.07) is 0. The van der Waals surface area contributed by atoms with Crippen molar-refractivity contribution in [1.29, 1.82) is 0 Å². The normalized spacial score (nSPS) is 15.1. The minimum atomic E-state index is -0.253. The summed E-state index contributed by atoms with van der Waals surface area (Å²) in [5.74, 6) is 0. The highest BCUT2D eigenvalue weighted by atomic mass is 32.1. The number of hydrogen-bond acceptors (Lipinski definition) is 4. The summed E-state index contributed by atoms with van der Waals surface area (Å²) in [6.45, 7) is 9.66. The van der Waals surface area contributed by atoms with Crippen LogP contribution in [0.15, 0.2) is 0 Å². The molecule has 16 heavy (non-hydrogen) atoms. The van der Waals surface area contributed by atoms with Crippen LogP contribution in [0.25, 0.3) is 0 Å². The molecule has 0 aromatic carbocycles. The van der Waals surface area contributed by atoms with Gasteiger partial charge in [-0.15, -0.1) is 11.3 Å². The molecule has 0 aliphatic carbocycles. The lowest BCUT2D eigenvalue weighted by atomic mass is 10.0. The average molecular weight is 242 g/mol. The van der Waals surface area contributed by atoms with Gasteiger partial charge >= 0.3 is 0 Å². The summed E-state index contributed by atoms with van der Waals surface area (Å²) in [4.78, 5) is 5.87. The van der Waals surface area contributed by atoms with Crippen LogP contribution in [0.1, 0.15) is 49.7 Å². The molecular formula is C12H22N2OS. The van der Waals surface area contributed by atoms with Crippen molar-refractivity contribution in [2.45, 2.75) is 52.7 Å². The summed E-state index contributed by atoms with van der Waals surface area (Å²) < 4.78 is 5.83. The lowest BCUT2D eigenvalue weighted by Gasteiger charge is -2.25. The second kappa shape index (κ2) is 5.75. The number of ether oxygens (including phenoxy) is 1. The number of aryl methyl sites for hydroxylation is 1. The van der Waals surface area contributed by atoms with E-state index in [2.05, 4.69) is 25.8 Å². The van der Waals surface area contributed by atoms with Crippen LogP contribution in [-0.2, 0) is 23.3 Å². The Kier molecular flexibility index (Phi) is 4.89. The van der Waals surface area contributed by atoms with Gasteiger partial charge < -0.3 is 10.5 Å². The van der Waals surface area contributed by atoms with Gasteiger partial charge in [0.2, 0.25) is 0 Å². The van der Waals surface area contributed by atoms with Crippen molar-refractivity contribution in [3.63, 3.8) is 0 Å². The van der Waals surface area contributed by atoms with Crippen LogP contribution in [0.2, 0.25) is 0 Å². The SMILES string of the molecule is CCOC(C)(CC)c1nc(CC)c(CN)s1. The van der Waals surface area contributed by atoms with Crippen LogP contribution >= 0.6 is 11.3 Å². The van der Waals surface area contributed by atoms with Crippen molar-refractivity contribution in [2.75, 3.05) is 6.61 Å². The number of rotatable bonds is 6. The minimum Gasteiger partial charge on any atom is -0.368 e. The number of nitrogens with zero attached hydrogens (tertiary/aromatic N) is 1. The highest BCUT2D eigenvalue weighted by Crippen LogP contribution is 2.33. The van der Waals surface area contributed by atoms with E-state index in [-0.39, 0.29) is 5.60 Å². The molecule has 1 atom stereocenters. The van der Waals surface area contributed by atoms with Gasteiger partial charge in [0.1, 0.15) is 10.6 Å². The molecular weight excluding hydrogens is 220 g/mol. The summed E-state index contributed by atoms with van der Waals surface area (Å²) in [7, 11) is 0. The Labute approximate surface area is 102 Å². The predicted molar refractivity (Wildman–Crippen MR) is 68.7 cm³/mol. The molecule has 0 saturated heterocycles. The van der Waals surface area contributed by atoms with Gasteiger partial charge in [0, 0.05) is 18.0 Å². The zero-order chi connectivity index (χ0) is 12.2. The van der Waals surface area contributed by atoms with Gasteiger partial charge in [0.25, 0.3) is 0 Å². The van der Waals surface area contributed by atoms with E-state index >= 15 is 0 Å². The standard InChI is InChI=1S/C12H22N2OS/c1-5-9-10(8-13)16-11(14-9)12(4,6-2)15-7-3/h5-8,13H2,1-4H3. The molecule has 0 bridgehead atoms. The topological polar surface area (TPSA) is 48.1 Å². The quantitative estimate of drug-likeness (QED) is 0.834. The van der Waals surface area contributed by atoms with Gasteiger partial charge in [-0.05, 0) is 26.7 Å². The van der Waals surface area contributed by atoms with Crippen molar-refractivity contribution in [2.24, 2.45) is 5.73 Å². The Balaban J connectivity index is 3.06. The van der Waals surface area contributed by atoms with Gasteiger partial charge in [-0.25, -0.2) is 4.98 Å². The lowest BCUT2D eigenvalue weighted by Crippen LogP contribution is -2.24. The van der Waals surface area contributed by atoms with Gasteiger partial charge in [-0.2, -0.15) is 0 Å². The number of nitrogens with two attached hydrogens (primary N) is 1. The third-order valence-electron chi connectivity index (χ3n) is 2.89. The number of thiazole rings is 1. The molecule has 0 aliphatic heterocycles. The number of hydrogen-bond donors (Lipinski definition) is 1. The third kappa shape index (κ3) is 2.62. The smallest absolute Gasteiger partial charge is 0.125 e. The van der Waals surface area contributed by atoms with E-state index in [0.29, 0.717) is 13.2 Å². The minimum absolute atomic E-state index is 0.253. The van der Waals surface area contributed by atoms with Gasteiger partial charge in [-0.3, -0.25) is 0 Å². The monoisotopic (exact) mass is 242 g/mol. The molecule has 0 saturated carbocycles. The maximum Gasteiger partial charge on any atom is 0.125 e. The average Bonchev–Trinajstić information content (AvgIpc) is 2.72. The molecule has 92 valence electrons. The Hall–Kier alpha value is -0.450. The van der Waals surface area contributed by atoms with Crippen LogP contribution in [0.5, 0.6) is 0 Å². The first-order chi connectivity index (χ1) is 7.61. The maximum absolute atomic E-state index is 5.83. The maximum atomic E-state index is 5.83. The first kappa shape index (κ1) is 13.6. The Morgan fingerprint density at radius 1 is 1.38 bits per heavy atom. The van der Waals surface area contributed by atoms with E-state index in [4.69, 9.17) is 10.5 Å². The molecule has 1 aromatic rings. The highest BCUT2D eigenvalue weighted by molar-refractivity contribution is 7.11. The van der Waals surface area contributed by atoms with E-state index in [1.165, 1.54) is 4.88 Å². The van der Waals surface area contributed by atoms with Crippen molar-refractivity contribution >= 4 is 11.3 Å². The summed E-state index contributed by atoms with van der Waals surface area (Å²) in [5, 5.41) is 1.06. The highest BCUT2D eigenvalue weighted by Gasteiger charge is 2.29. The Morgan fingerprint density at radius 2 is 2.06 bits per heavy atom. The lowest BCUT2D eigenvalue weighted by molar-refractivity contribution is -0.0325. The summed E-state index contributed by atoms with van der Waals surface area (Å²) >= 11 is 1.69. The number of aromatic nitrogens is 1. The van der Waals surface area contributed by atoms with Crippen LogP contribution in [0.4, 0.5) is 0 Å². The largest absolute Gasteiger partial charge is 0.368 e. The molecule has 0 spiro atoms. The van der Waals surface area contributed by atoms with Crippen LogP contribution in [0, 0.1) is 0 Å². The summed E-state index contributed by atoms with van der Waals surface area (Å²) in [5.41, 5.74) is 6.60. The zero-order valence-electron chi connectivity index (χ0n) is 10.7. The van der Waals surface area contributed by atoms with Gasteiger partial charge in [-0.1, -0.05) is 13.8 Å². The first-order valence-corrected chi connectivity index (χ1v) is 6.75. The van der Waals surface area contributed by atoms with Crippen LogP contribution < -0.4 is 5.73 Å². The second-order valence-corrected chi connectivity index (χ2v) is 5.05. The molecule has 1 aromatic heterocycles. The van der Waals surface area contributed by atoms with E-state index < -0.39 is 0 Å². The molecule has 0 aliphatic rings. The second-order valence-electron chi connectivity index (χ2n) is 3.96. The molecule has 0 amide bonds. The summed E-state index contributed by atoms with van der Waals surface area (Å²) in [6.07, 6.45) is 1.87. The molecule has 1 unspecified atom stereocenters. The van der Waals surface area contributed by atoms with Gasteiger partial charge in [0.15, 0.2) is 0 Å². The van der Waals surface area contributed by atoms with E-state index in [0.717, 1.165) is 23.5 Å². The third-order valence-corrected chi connectivity index (χ3v) is 4.25. The molecule has 0 radical (unpaired) electrons. The van der Waals surface area contributed by atoms with E-state index in [1.54, 1.807) is 11.3 Å². The molecule has 4 heteroatoms. The zero-order valence-corrected chi connectivity index (χ0v) is 11.5. The van der Waals surface area contributed by atoms with E-state index in [9.17, 15) is 0 Å². The molecule has 2 N–H and O–H groups in total. The van der Waals surface area contributed by atoms with Crippen LogP contribution in [0.3, 0.4) is 0 Å². The van der Waals surface area contributed by atoms with Crippen molar-refractivity contribution in [3.8, 4) is 0 Å². The molecule has 1 rings (SSSR count). The fourth-order valence-electron chi connectivity index (χ4n) is 1.68. The molecule has 0 fully saturated rings. The predicted octanol–water partition coefficient (Wildman–Crippen LogP) is 2.83. The fourth-order valence-corrected chi connectivity index (χ4v) is 2.88. The van der Waals surface area contributed by atoms with Crippen molar-refractivity contribution in [1.82, 2.24) is 4.98 Å².